The van der Waals surface area contributed by atoms with Gasteiger partial charge in [0.05, 0.1) is 17.1 Å². The van der Waals surface area contributed by atoms with E-state index in [0.29, 0.717) is 10.9 Å². The molecule has 0 radical (unpaired) electrons. The summed E-state index contributed by atoms with van der Waals surface area (Å²) in [6, 6.07) is 15.4. The molecule has 0 saturated carbocycles. The molecule has 5 heteroatoms. The summed E-state index contributed by atoms with van der Waals surface area (Å²) in [6.45, 7) is 6.51. The fourth-order valence-electron chi connectivity index (χ4n) is 2.45. The number of benzene rings is 2. The maximum Gasteiger partial charge on any atom is 0.282 e. The minimum Gasteiger partial charge on any atom is -0.330 e. The number of aromatic nitrogens is 2. The third-order valence-electron chi connectivity index (χ3n) is 3.88. The van der Waals surface area contributed by atoms with Crippen LogP contribution in [0, 0.1) is 4.77 Å². The topological polar surface area (TPSA) is 50.1 Å². The molecule has 1 N–H and O–H groups in total. The standard InChI is InChI=1S/C19H19N3OS/c1-19(2,3)14-10-8-13(9-11-14)12-20-22-17(23)15-6-4-5-7-16(15)21-18(22)24/h4-12H,1-3H3,(H,21,24)/b20-12-. The third kappa shape index (κ3) is 3.21. The number of H-pyrrole nitrogens is 1. The lowest BCUT2D eigenvalue weighted by Gasteiger charge is -2.18. The zero-order valence-corrected chi connectivity index (χ0v) is 14.7. The van der Waals surface area contributed by atoms with Gasteiger partial charge in [0.25, 0.3) is 5.56 Å². The largest absolute Gasteiger partial charge is 0.330 e. The Kier molecular flexibility index (Phi) is 4.20. The normalized spacial score (nSPS) is 12.1. The van der Waals surface area contributed by atoms with Gasteiger partial charge in [0, 0.05) is 0 Å². The number of nitrogens with one attached hydrogen (secondary N) is 1. The average Bonchev–Trinajstić information content (AvgIpc) is 2.54. The van der Waals surface area contributed by atoms with Crippen LogP contribution in [0.25, 0.3) is 10.9 Å². The van der Waals surface area contributed by atoms with Crippen molar-refractivity contribution in [1.29, 1.82) is 0 Å². The van der Waals surface area contributed by atoms with Crippen LogP contribution in [0.2, 0.25) is 0 Å². The SMILES string of the molecule is CC(C)(C)c1ccc(/C=N\n2c(=S)[nH]c3ccccc3c2=O)cc1. The Balaban J connectivity index is 1.99. The van der Waals surface area contributed by atoms with Crippen LogP contribution in [0.15, 0.2) is 58.4 Å². The lowest BCUT2D eigenvalue weighted by molar-refractivity contribution is 0.590. The zero-order chi connectivity index (χ0) is 17.3. The fraction of sp³-hybridized carbons (Fsp3) is 0.211. The molecule has 24 heavy (non-hydrogen) atoms. The molecule has 0 fully saturated rings. The molecule has 0 amide bonds. The highest BCUT2D eigenvalue weighted by Gasteiger charge is 2.12. The second kappa shape index (κ2) is 6.17. The molecule has 4 nitrogen and oxygen atoms in total. The Morgan fingerprint density at radius 3 is 2.42 bits per heavy atom. The van der Waals surface area contributed by atoms with Gasteiger partial charge in [-0.15, -0.1) is 0 Å². The Morgan fingerprint density at radius 1 is 1.08 bits per heavy atom. The van der Waals surface area contributed by atoms with Gasteiger partial charge in [0.1, 0.15) is 0 Å². The molecule has 2 aromatic carbocycles. The molecule has 0 saturated heterocycles. The summed E-state index contributed by atoms with van der Waals surface area (Å²) in [7, 11) is 0. The molecule has 1 heterocycles. The first-order valence-electron chi connectivity index (χ1n) is 7.75. The molecule has 3 rings (SSSR count). The van der Waals surface area contributed by atoms with Crippen LogP contribution < -0.4 is 5.56 Å². The van der Waals surface area contributed by atoms with Crippen molar-refractivity contribution >= 4 is 29.3 Å². The van der Waals surface area contributed by atoms with Gasteiger partial charge in [0.2, 0.25) is 4.77 Å². The molecule has 122 valence electrons. The smallest absolute Gasteiger partial charge is 0.282 e. The molecule has 1 aromatic heterocycles. The van der Waals surface area contributed by atoms with Gasteiger partial charge in [-0.05, 0) is 40.9 Å². The molecular formula is C19H19N3OS. The Bertz CT molecular complexity index is 1020. The summed E-state index contributed by atoms with van der Waals surface area (Å²) < 4.78 is 1.50. The average molecular weight is 337 g/mol. The van der Waals surface area contributed by atoms with Crippen LogP contribution in [-0.2, 0) is 5.41 Å². The second-order valence-corrected chi connectivity index (χ2v) is 7.10. The first-order chi connectivity index (χ1) is 11.4. The number of fused-ring (bicyclic) bond motifs is 1. The lowest BCUT2D eigenvalue weighted by atomic mass is 9.87. The van der Waals surface area contributed by atoms with E-state index in [1.54, 1.807) is 12.3 Å². The molecule has 0 atom stereocenters. The number of para-hydroxylation sites is 1. The predicted molar refractivity (Wildman–Crippen MR) is 102 cm³/mol. The van der Waals surface area contributed by atoms with E-state index in [1.807, 2.05) is 30.3 Å². The van der Waals surface area contributed by atoms with Gasteiger partial charge in [0.15, 0.2) is 0 Å². The lowest BCUT2D eigenvalue weighted by Crippen LogP contribution is -2.18. The van der Waals surface area contributed by atoms with E-state index in [1.165, 1.54) is 10.2 Å². The highest BCUT2D eigenvalue weighted by atomic mass is 32.1. The monoisotopic (exact) mass is 337 g/mol. The molecule has 0 aliphatic carbocycles. The summed E-state index contributed by atoms with van der Waals surface area (Å²) >= 11 is 5.25. The summed E-state index contributed by atoms with van der Waals surface area (Å²) in [4.78, 5) is 15.5. The zero-order valence-electron chi connectivity index (χ0n) is 13.9. The Hall–Kier alpha value is -2.53. The van der Waals surface area contributed by atoms with Crippen LogP contribution in [0.3, 0.4) is 0 Å². The first kappa shape index (κ1) is 16.3. The Labute approximate surface area is 145 Å². The summed E-state index contributed by atoms with van der Waals surface area (Å²) in [5.74, 6) is 0. The van der Waals surface area contributed by atoms with Crippen molar-refractivity contribution in [2.24, 2.45) is 5.10 Å². The third-order valence-corrected chi connectivity index (χ3v) is 4.16. The minimum absolute atomic E-state index is 0.105. The van der Waals surface area contributed by atoms with Crippen LogP contribution in [0.4, 0.5) is 0 Å². The molecule has 0 bridgehead atoms. The van der Waals surface area contributed by atoms with Crippen molar-refractivity contribution in [1.82, 2.24) is 9.66 Å². The number of rotatable bonds is 2. The maximum atomic E-state index is 12.5. The number of hydrogen-bond acceptors (Lipinski definition) is 3. The molecule has 3 aromatic rings. The van der Waals surface area contributed by atoms with Gasteiger partial charge in [-0.25, -0.2) is 0 Å². The van der Waals surface area contributed by atoms with Crippen LogP contribution >= 0.6 is 12.2 Å². The van der Waals surface area contributed by atoms with Gasteiger partial charge in [-0.1, -0.05) is 57.2 Å². The first-order valence-corrected chi connectivity index (χ1v) is 8.16. The second-order valence-electron chi connectivity index (χ2n) is 6.71. The predicted octanol–water partition coefficient (Wildman–Crippen LogP) is 4.24. The van der Waals surface area contributed by atoms with E-state index in [4.69, 9.17) is 12.2 Å². The molecular weight excluding hydrogens is 318 g/mol. The summed E-state index contributed by atoms with van der Waals surface area (Å²) in [5.41, 5.74) is 2.76. The van der Waals surface area contributed by atoms with Crippen LogP contribution in [0.1, 0.15) is 31.9 Å². The van der Waals surface area contributed by atoms with Gasteiger partial charge in [-0.3, -0.25) is 4.79 Å². The van der Waals surface area contributed by atoms with Crippen molar-refractivity contribution in [3.05, 3.63) is 74.8 Å². The van der Waals surface area contributed by atoms with E-state index in [2.05, 4.69) is 43.0 Å². The van der Waals surface area contributed by atoms with E-state index in [0.717, 1.165) is 5.56 Å². The van der Waals surface area contributed by atoms with E-state index in [-0.39, 0.29) is 15.7 Å². The van der Waals surface area contributed by atoms with Crippen molar-refractivity contribution in [2.75, 3.05) is 0 Å². The van der Waals surface area contributed by atoms with Gasteiger partial charge >= 0.3 is 0 Å². The maximum absolute atomic E-state index is 12.5. The van der Waals surface area contributed by atoms with Gasteiger partial charge < -0.3 is 4.98 Å². The fourth-order valence-corrected chi connectivity index (χ4v) is 2.69. The van der Waals surface area contributed by atoms with Crippen molar-refractivity contribution in [3.8, 4) is 0 Å². The van der Waals surface area contributed by atoms with Crippen LogP contribution in [-0.4, -0.2) is 15.9 Å². The highest BCUT2D eigenvalue weighted by molar-refractivity contribution is 7.71. The van der Waals surface area contributed by atoms with Crippen molar-refractivity contribution < 1.29 is 0 Å². The van der Waals surface area contributed by atoms with E-state index < -0.39 is 0 Å². The minimum atomic E-state index is -0.225. The summed E-state index contributed by atoms with van der Waals surface area (Å²) in [6.07, 6.45) is 1.65. The van der Waals surface area contributed by atoms with E-state index >= 15 is 0 Å². The van der Waals surface area contributed by atoms with Crippen LogP contribution in [0.5, 0.6) is 0 Å². The quantitative estimate of drug-likeness (QED) is 0.562. The highest BCUT2D eigenvalue weighted by Crippen LogP contribution is 2.21. The molecule has 0 unspecified atom stereocenters. The molecule has 0 spiro atoms. The number of nitrogens with zero attached hydrogens (tertiary/aromatic N) is 2. The van der Waals surface area contributed by atoms with Gasteiger partial charge in [-0.2, -0.15) is 9.78 Å². The van der Waals surface area contributed by atoms with E-state index in [9.17, 15) is 4.79 Å². The molecule has 0 aliphatic heterocycles. The van der Waals surface area contributed by atoms with Crippen molar-refractivity contribution in [2.45, 2.75) is 26.2 Å². The summed E-state index contributed by atoms with van der Waals surface area (Å²) in [5, 5.41) is 4.82. The molecule has 0 aliphatic rings. The number of hydrogen-bond donors (Lipinski definition) is 1. The Morgan fingerprint density at radius 2 is 1.75 bits per heavy atom. The van der Waals surface area contributed by atoms with Crippen molar-refractivity contribution in [3.63, 3.8) is 0 Å². The number of aromatic amines is 1.